The zero-order valence-electron chi connectivity index (χ0n) is 17.1. The zero-order valence-corrected chi connectivity index (χ0v) is 17.1. The maximum atomic E-state index is 11.2. The third-order valence-electron chi connectivity index (χ3n) is 4.78. The van der Waals surface area contributed by atoms with Gasteiger partial charge in [0.1, 0.15) is 5.69 Å². The molecule has 0 atom stereocenters. The SMILES string of the molecule is O=[N+]([O-])c1cccnc1Nc1ccc(-n2nc(-c3ccccn3)nc2-c2cccnc2)cc1. The van der Waals surface area contributed by atoms with E-state index in [2.05, 4.69) is 25.4 Å². The highest BCUT2D eigenvalue weighted by Crippen LogP contribution is 2.27. The summed E-state index contributed by atoms with van der Waals surface area (Å²) in [5.41, 5.74) is 2.76. The van der Waals surface area contributed by atoms with Gasteiger partial charge in [-0.05, 0) is 54.6 Å². The Labute approximate surface area is 187 Å². The molecule has 0 unspecified atom stereocenters. The minimum Gasteiger partial charge on any atom is -0.334 e. The van der Waals surface area contributed by atoms with Gasteiger partial charge < -0.3 is 5.32 Å². The summed E-state index contributed by atoms with van der Waals surface area (Å²) >= 11 is 0. The van der Waals surface area contributed by atoms with Crippen molar-refractivity contribution in [3.05, 3.63) is 102 Å². The molecule has 0 aliphatic rings. The molecule has 4 aromatic heterocycles. The van der Waals surface area contributed by atoms with Crippen LogP contribution in [0.2, 0.25) is 0 Å². The molecule has 0 fully saturated rings. The number of anilines is 2. The summed E-state index contributed by atoms with van der Waals surface area (Å²) in [4.78, 5) is 28.1. The van der Waals surface area contributed by atoms with Gasteiger partial charge in [-0.25, -0.2) is 14.6 Å². The van der Waals surface area contributed by atoms with Crippen molar-refractivity contribution in [2.24, 2.45) is 0 Å². The average molecular weight is 436 g/mol. The summed E-state index contributed by atoms with van der Waals surface area (Å²) in [7, 11) is 0. The monoisotopic (exact) mass is 436 g/mol. The second kappa shape index (κ2) is 8.63. The topological polar surface area (TPSA) is 125 Å². The van der Waals surface area contributed by atoms with E-state index in [1.165, 1.54) is 18.3 Å². The summed E-state index contributed by atoms with van der Waals surface area (Å²) in [5.74, 6) is 1.27. The number of benzene rings is 1. The van der Waals surface area contributed by atoms with Crippen molar-refractivity contribution in [2.45, 2.75) is 0 Å². The van der Waals surface area contributed by atoms with E-state index in [1.54, 1.807) is 35.4 Å². The molecule has 0 spiro atoms. The Hall–Kier alpha value is -4.99. The third-order valence-corrected chi connectivity index (χ3v) is 4.78. The largest absolute Gasteiger partial charge is 0.334 e. The van der Waals surface area contributed by atoms with Gasteiger partial charge in [-0.15, -0.1) is 5.10 Å². The fourth-order valence-corrected chi connectivity index (χ4v) is 3.24. The summed E-state index contributed by atoms with van der Waals surface area (Å²) in [6.45, 7) is 0. The fourth-order valence-electron chi connectivity index (χ4n) is 3.24. The Morgan fingerprint density at radius 2 is 1.70 bits per heavy atom. The summed E-state index contributed by atoms with van der Waals surface area (Å²) in [5, 5.41) is 18.9. The van der Waals surface area contributed by atoms with Crippen molar-refractivity contribution in [2.75, 3.05) is 5.32 Å². The normalized spacial score (nSPS) is 10.7. The summed E-state index contributed by atoms with van der Waals surface area (Å²) in [6, 6.07) is 19.5. The van der Waals surface area contributed by atoms with Gasteiger partial charge in [-0.3, -0.25) is 20.1 Å². The molecule has 33 heavy (non-hydrogen) atoms. The van der Waals surface area contributed by atoms with Crippen LogP contribution in [0.1, 0.15) is 0 Å². The molecular weight excluding hydrogens is 420 g/mol. The van der Waals surface area contributed by atoms with Crippen LogP contribution in [0.3, 0.4) is 0 Å². The van der Waals surface area contributed by atoms with Crippen LogP contribution in [-0.4, -0.2) is 34.6 Å². The third kappa shape index (κ3) is 4.12. The molecule has 1 aromatic carbocycles. The second-order valence-corrected chi connectivity index (χ2v) is 6.93. The molecule has 5 rings (SSSR count). The Kier molecular flexibility index (Phi) is 5.22. The number of pyridine rings is 3. The predicted octanol–water partition coefficient (Wildman–Crippen LogP) is 4.44. The number of hydrogen-bond acceptors (Lipinski definition) is 8. The average Bonchev–Trinajstić information content (AvgIpc) is 3.31. The van der Waals surface area contributed by atoms with Crippen LogP contribution in [0.25, 0.3) is 28.6 Å². The number of hydrogen-bond donors (Lipinski definition) is 1. The van der Waals surface area contributed by atoms with E-state index in [0.717, 1.165) is 11.3 Å². The first kappa shape index (κ1) is 19.9. The standard InChI is InChI=1S/C23H16N8O2/c32-31(33)20-7-4-14-26-22(20)27-17-8-10-18(11-9-17)30-23(16-5-3-12-24-15-16)28-21(29-30)19-6-1-2-13-25-19/h1-15H,(H,26,27). The van der Waals surface area contributed by atoms with E-state index < -0.39 is 4.92 Å². The lowest BCUT2D eigenvalue weighted by atomic mass is 10.2. The minimum atomic E-state index is -0.474. The van der Waals surface area contributed by atoms with Crippen LogP contribution < -0.4 is 5.32 Å². The van der Waals surface area contributed by atoms with Crippen molar-refractivity contribution in [3.8, 4) is 28.6 Å². The Balaban J connectivity index is 1.52. The van der Waals surface area contributed by atoms with E-state index in [-0.39, 0.29) is 11.5 Å². The van der Waals surface area contributed by atoms with E-state index in [1.807, 2.05) is 42.5 Å². The number of aromatic nitrogens is 6. The van der Waals surface area contributed by atoms with Crippen LogP contribution in [0.15, 0.2) is 91.5 Å². The molecule has 0 aliphatic heterocycles. The molecule has 0 aliphatic carbocycles. The van der Waals surface area contributed by atoms with Crippen molar-refractivity contribution in [1.29, 1.82) is 0 Å². The van der Waals surface area contributed by atoms with Crippen molar-refractivity contribution in [1.82, 2.24) is 29.7 Å². The molecule has 0 radical (unpaired) electrons. The molecule has 10 nitrogen and oxygen atoms in total. The molecule has 0 bridgehead atoms. The number of nitro groups is 1. The molecule has 0 amide bonds. The lowest BCUT2D eigenvalue weighted by Gasteiger charge is -2.09. The van der Waals surface area contributed by atoms with Crippen molar-refractivity contribution < 1.29 is 4.92 Å². The molecule has 1 N–H and O–H groups in total. The first-order valence-corrected chi connectivity index (χ1v) is 9.95. The van der Waals surface area contributed by atoms with Gasteiger partial charge in [0, 0.05) is 42.1 Å². The van der Waals surface area contributed by atoms with Crippen LogP contribution >= 0.6 is 0 Å². The number of rotatable bonds is 6. The molecule has 0 saturated carbocycles. The van der Waals surface area contributed by atoms with Crippen molar-refractivity contribution >= 4 is 17.2 Å². The predicted molar refractivity (Wildman–Crippen MR) is 122 cm³/mol. The first-order valence-electron chi connectivity index (χ1n) is 9.95. The molecule has 0 saturated heterocycles. The van der Waals surface area contributed by atoms with Gasteiger partial charge in [0.15, 0.2) is 5.82 Å². The van der Waals surface area contributed by atoms with Gasteiger partial charge in [-0.2, -0.15) is 0 Å². The Morgan fingerprint density at radius 1 is 0.879 bits per heavy atom. The van der Waals surface area contributed by atoms with Gasteiger partial charge in [0.05, 0.1) is 10.6 Å². The maximum absolute atomic E-state index is 11.2. The lowest BCUT2D eigenvalue weighted by Crippen LogP contribution is -2.01. The highest BCUT2D eigenvalue weighted by molar-refractivity contribution is 5.67. The maximum Gasteiger partial charge on any atom is 0.311 e. The molecule has 160 valence electrons. The highest BCUT2D eigenvalue weighted by atomic mass is 16.6. The Bertz CT molecular complexity index is 1400. The van der Waals surface area contributed by atoms with E-state index in [4.69, 9.17) is 4.98 Å². The highest BCUT2D eigenvalue weighted by Gasteiger charge is 2.17. The molecule has 4 heterocycles. The van der Waals surface area contributed by atoms with Gasteiger partial charge in [-0.1, -0.05) is 6.07 Å². The minimum absolute atomic E-state index is 0.100. The molecule has 10 heteroatoms. The smallest absolute Gasteiger partial charge is 0.311 e. The van der Waals surface area contributed by atoms with Crippen LogP contribution in [-0.2, 0) is 0 Å². The zero-order chi connectivity index (χ0) is 22.6. The lowest BCUT2D eigenvalue weighted by molar-refractivity contribution is -0.384. The van der Waals surface area contributed by atoms with Crippen LogP contribution in [0.4, 0.5) is 17.2 Å². The van der Waals surface area contributed by atoms with Gasteiger partial charge in [0.25, 0.3) is 0 Å². The van der Waals surface area contributed by atoms with Gasteiger partial charge >= 0.3 is 5.69 Å². The molecule has 5 aromatic rings. The van der Waals surface area contributed by atoms with Gasteiger partial charge in [0.2, 0.25) is 11.6 Å². The summed E-state index contributed by atoms with van der Waals surface area (Å²) < 4.78 is 1.72. The second-order valence-electron chi connectivity index (χ2n) is 6.93. The van der Waals surface area contributed by atoms with E-state index in [9.17, 15) is 10.1 Å². The quantitative estimate of drug-likeness (QED) is 0.306. The van der Waals surface area contributed by atoms with E-state index in [0.29, 0.717) is 23.0 Å². The Morgan fingerprint density at radius 3 is 2.42 bits per heavy atom. The summed E-state index contributed by atoms with van der Waals surface area (Å²) in [6.07, 6.45) is 6.61. The van der Waals surface area contributed by atoms with E-state index >= 15 is 0 Å². The van der Waals surface area contributed by atoms with Crippen LogP contribution in [0, 0.1) is 10.1 Å². The molecular formula is C23H16N8O2. The number of nitrogens with zero attached hydrogens (tertiary/aromatic N) is 7. The van der Waals surface area contributed by atoms with Crippen LogP contribution in [0.5, 0.6) is 0 Å². The fraction of sp³-hybridized carbons (Fsp3) is 0. The van der Waals surface area contributed by atoms with Crippen molar-refractivity contribution in [3.63, 3.8) is 0 Å². The number of nitrogens with one attached hydrogen (secondary N) is 1. The first-order chi connectivity index (χ1) is 16.2.